The first-order valence-corrected chi connectivity index (χ1v) is 14.6. The average molecular weight is 601 g/mol. The van der Waals surface area contributed by atoms with Crippen molar-refractivity contribution in [1.82, 2.24) is 4.98 Å². The summed E-state index contributed by atoms with van der Waals surface area (Å²) in [4.78, 5) is 19.5. The van der Waals surface area contributed by atoms with Crippen LogP contribution in [0.2, 0.25) is 5.02 Å². The number of phenols is 2. The summed E-state index contributed by atoms with van der Waals surface area (Å²) in [6.07, 6.45) is 0. The lowest BCUT2D eigenvalue weighted by molar-refractivity contribution is -0.117. The van der Waals surface area contributed by atoms with Crippen LogP contribution in [0.25, 0.3) is 10.2 Å². The molecule has 5 aromatic rings. The monoisotopic (exact) mass is 600 g/mol. The fourth-order valence-corrected chi connectivity index (χ4v) is 6.50. The summed E-state index contributed by atoms with van der Waals surface area (Å²) in [5.74, 6) is -0.239. The third-order valence-electron chi connectivity index (χ3n) is 6.28. The third kappa shape index (κ3) is 5.64. The van der Waals surface area contributed by atoms with Gasteiger partial charge in [0.15, 0.2) is 0 Å². The number of amides is 1. The number of hydrogen-bond donors (Lipinski definition) is 2. The number of para-hydroxylation sites is 1. The minimum Gasteiger partial charge on any atom is -0.508 e. The maximum absolute atomic E-state index is 13.5. The van der Waals surface area contributed by atoms with Crippen LogP contribution in [0.4, 0.5) is 27.9 Å². The number of phenolic OH excluding ortho intramolecular Hbond substituents is 2. The Balaban J connectivity index is 1.35. The summed E-state index contributed by atoms with van der Waals surface area (Å²) >= 11 is 8.76. The van der Waals surface area contributed by atoms with Gasteiger partial charge in [0.25, 0.3) is 0 Å². The Morgan fingerprint density at radius 2 is 1.63 bits per heavy atom. The summed E-state index contributed by atoms with van der Waals surface area (Å²) < 4.78 is 1.01. The van der Waals surface area contributed by atoms with Gasteiger partial charge in [-0.25, -0.2) is 4.98 Å². The molecule has 1 aromatic heterocycles. The molecule has 6 rings (SSSR count). The molecule has 1 amide bonds. The zero-order chi connectivity index (χ0) is 28.5. The highest BCUT2D eigenvalue weighted by Gasteiger charge is 2.42. The quantitative estimate of drug-likeness (QED) is 0.188. The number of nitrogens with zero attached hydrogens (tertiary/aromatic N) is 6. The predicted molar refractivity (Wildman–Crippen MR) is 163 cm³/mol. The van der Waals surface area contributed by atoms with Crippen LogP contribution in [0.1, 0.15) is 17.9 Å². The number of aromatic hydroxyl groups is 2. The molecule has 0 bridgehead atoms. The molecule has 0 radical (unpaired) electrons. The molecule has 204 valence electrons. The van der Waals surface area contributed by atoms with E-state index >= 15 is 0 Å². The number of halogens is 1. The molecule has 4 aromatic carbocycles. The number of anilines is 1. The lowest BCUT2D eigenvalue weighted by atomic mass is 10.1. The molecular weight excluding hydrogens is 580 g/mol. The Morgan fingerprint density at radius 1 is 0.878 bits per heavy atom. The number of fused-ring (bicyclic) bond motifs is 1. The standard InChI is InChI=1S/C29H21ClN6O3S2/c1-16-27(39)36(24-15-20(37)11-12-22(24)34-32-18-8-6-17(30)7-9-18)28(40-16)21-14-19(10-13-25(21)38)33-35-29-31-23-4-2-3-5-26(23)41-29/h2-16,28,37-38H,1H3. The first kappa shape index (κ1) is 26.9. The number of benzene rings is 4. The van der Waals surface area contributed by atoms with Gasteiger partial charge >= 0.3 is 0 Å². The third-order valence-corrected chi connectivity index (χ3v) is 8.79. The van der Waals surface area contributed by atoms with E-state index in [4.69, 9.17) is 11.6 Å². The first-order chi connectivity index (χ1) is 19.9. The van der Waals surface area contributed by atoms with Crippen molar-refractivity contribution in [3.8, 4) is 11.5 Å². The summed E-state index contributed by atoms with van der Waals surface area (Å²) in [6, 6.07) is 24.0. The molecule has 0 spiro atoms. The maximum atomic E-state index is 13.5. The van der Waals surface area contributed by atoms with E-state index in [-0.39, 0.29) is 17.4 Å². The van der Waals surface area contributed by atoms with Crippen LogP contribution < -0.4 is 4.90 Å². The highest BCUT2D eigenvalue weighted by molar-refractivity contribution is 8.01. The maximum Gasteiger partial charge on any atom is 0.241 e. The fraction of sp³-hybridized carbons (Fsp3) is 0.103. The van der Waals surface area contributed by atoms with Crippen molar-refractivity contribution in [2.24, 2.45) is 20.5 Å². The summed E-state index contributed by atoms with van der Waals surface area (Å²) in [7, 11) is 0. The lowest BCUT2D eigenvalue weighted by Gasteiger charge is -2.26. The highest BCUT2D eigenvalue weighted by Crippen LogP contribution is 2.51. The van der Waals surface area contributed by atoms with Gasteiger partial charge in [-0.15, -0.1) is 27.1 Å². The Bertz CT molecular complexity index is 1790. The molecule has 0 aliphatic carbocycles. The fourth-order valence-electron chi connectivity index (χ4n) is 4.30. The van der Waals surface area contributed by atoms with E-state index < -0.39 is 10.6 Å². The van der Waals surface area contributed by atoms with Crippen LogP contribution >= 0.6 is 34.7 Å². The number of thioether (sulfide) groups is 1. The number of carbonyl (C=O) groups excluding carboxylic acids is 1. The number of hydrogen-bond acceptors (Lipinski definition) is 10. The Hall–Kier alpha value is -4.32. The van der Waals surface area contributed by atoms with Crippen LogP contribution in [0.5, 0.6) is 11.5 Å². The van der Waals surface area contributed by atoms with Crippen molar-refractivity contribution in [2.75, 3.05) is 4.90 Å². The van der Waals surface area contributed by atoms with Gasteiger partial charge in [0.2, 0.25) is 11.0 Å². The zero-order valence-electron chi connectivity index (χ0n) is 21.4. The smallest absolute Gasteiger partial charge is 0.241 e. The predicted octanol–water partition coefficient (Wildman–Crippen LogP) is 9.36. The summed E-state index contributed by atoms with van der Waals surface area (Å²) in [5, 5.41) is 38.5. The highest BCUT2D eigenvalue weighted by atomic mass is 35.5. The molecule has 1 fully saturated rings. The number of rotatable bonds is 6. The molecule has 2 unspecified atom stereocenters. The molecule has 2 N–H and O–H groups in total. The van der Waals surface area contributed by atoms with Crippen molar-refractivity contribution in [1.29, 1.82) is 0 Å². The Kier molecular flexibility index (Phi) is 7.39. The number of aromatic nitrogens is 1. The van der Waals surface area contributed by atoms with Crippen molar-refractivity contribution < 1.29 is 15.0 Å². The number of carbonyl (C=O) groups is 1. The minimum atomic E-state index is -0.624. The molecule has 41 heavy (non-hydrogen) atoms. The van der Waals surface area contributed by atoms with Crippen LogP contribution in [0, 0.1) is 0 Å². The zero-order valence-corrected chi connectivity index (χ0v) is 23.8. The van der Waals surface area contributed by atoms with Gasteiger partial charge in [-0.3, -0.25) is 9.69 Å². The summed E-state index contributed by atoms with van der Waals surface area (Å²) in [5.41, 5.74) is 3.11. The van der Waals surface area contributed by atoms with Gasteiger partial charge in [0, 0.05) is 16.7 Å². The van der Waals surface area contributed by atoms with E-state index in [9.17, 15) is 15.0 Å². The van der Waals surface area contributed by atoms with Crippen molar-refractivity contribution in [2.45, 2.75) is 17.5 Å². The van der Waals surface area contributed by atoms with Crippen LogP contribution in [0.3, 0.4) is 0 Å². The van der Waals surface area contributed by atoms with E-state index in [1.54, 1.807) is 49.4 Å². The SMILES string of the molecule is CC1SC(c2cc(N=Nc3nc4ccccc4s3)ccc2O)N(c2cc(O)ccc2N=Nc2ccc(Cl)cc2)C1=O. The molecular formula is C29H21ClN6O3S2. The van der Waals surface area contributed by atoms with Crippen molar-refractivity contribution in [3.63, 3.8) is 0 Å². The molecule has 1 aliphatic rings. The Labute approximate surface area is 247 Å². The van der Waals surface area contributed by atoms with E-state index in [0.29, 0.717) is 38.5 Å². The van der Waals surface area contributed by atoms with Crippen molar-refractivity contribution >= 4 is 78.7 Å². The van der Waals surface area contributed by atoms with E-state index in [2.05, 4.69) is 25.4 Å². The van der Waals surface area contributed by atoms with Crippen molar-refractivity contribution in [3.05, 3.63) is 95.5 Å². The Morgan fingerprint density at radius 3 is 2.44 bits per heavy atom. The van der Waals surface area contributed by atoms with Crippen LogP contribution in [0.15, 0.2) is 105 Å². The second-order valence-corrected chi connectivity index (χ2v) is 12.0. The minimum absolute atomic E-state index is 0.00201. The van der Waals surface area contributed by atoms with Gasteiger partial charge in [-0.2, -0.15) is 5.11 Å². The molecule has 1 aliphatic heterocycles. The molecule has 1 saturated heterocycles. The molecule has 0 saturated carbocycles. The van der Waals surface area contributed by atoms with Gasteiger partial charge in [-0.05, 0) is 73.7 Å². The molecule has 12 heteroatoms. The average Bonchev–Trinajstić information content (AvgIpc) is 3.52. The van der Waals surface area contributed by atoms with E-state index in [1.165, 1.54) is 46.2 Å². The van der Waals surface area contributed by atoms with Crippen LogP contribution in [-0.2, 0) is 4.79 Å². The second kappa shape index (κ2) is 11.3. The largest absolute Gasteiger partial charge is 0.508 e. The lowest BCUT2D eigenvalue weighted by Crippen LogP contribution is -2.30. The first-order valence-electron chi connectivity index (χ1n) is 12.4. The number of azo groups is 2. The van der Waals surface area contributed by atoms with E-state index in [0.717, 1.165) is 10.2 Å². The molecule has 2 atom stereocenters. The number of thiazole rings is 1. The molecule has 2 heterocycles. The summed E-state index contributed by atoms with van der Waals surface area (Å²) in [6.45, 7) is 1.80. The normalized spacial score (nSPS) is 17.4. The van der Waals surface area contributed by atoms with Gasteiger partial charge in [0.05, 0.1) is 32.5 Å². The molecule has 9 nitrogen and oxygen atoms in total. The van der Waals surface area contributed by atoms with Gasteiger partial charge in [0.1, 0.15) is 22.6 Å². The second-order valence-electron chi connectivity index (χ2n) is 9.10. The van der Waals surface area contributed by atoms with Gasteiger partial charge < -0.3 is 10.2 Å². The topological polar surface area (TPSA) is 123 Å². The van der Waals surface area contributed by atoms with E-state index in [1.807, 2.05) is 24.3 Å². The van der Waals surface area contributed by atoms with Gasteiger partial charge in [-0.1, -0.05) is 35.1 Å². The van der Waals surface area contributed by atoms with Crippen LogP contribution in [-0.4, -0.2) is 26.4 Å².